The molecule has 1 atom stereocenters. The molecule has 96 valence electrons. The first-order valence-electron chi connectivity index (χ1n) is 4.79. The van der Waals surface area contributed by atoms with Gasteiger partial charge in [0.1, 0.15) is 16.8 Å². The molecule has 0 spiro atoms. The van der Waals surface area contributed by atoms with Gasteiger partial charge < -0.3 is 4.74 Å². The lowest BCUT2D eigenvalue weighted by Gasteiger charge is -2.16. The van der Waals surface area contributed by atoms with Crippen LogP contribution in [0.1, 0.15) is 18.5 Å². The molecule has 1 rings (SSSR count). The van der Waals surface area contributed by atoms with E-state index in [1.165, 1.54) is 25.3 Å². The Hall–Kier alpha value is -0.850. The summed E-state index contributed by atoms with van der Waals surface area (Å²) in [6.45, 7) is 1.58. The highest BCUT2D eigenvalue weighted by molar-refractivity contribution is 7.90. The van der Waals surface area contributed by atoms with Crippen molar-refractivity contribution in [2.75, 3.05) is 12.3 Å². The monoisotopic (exact) mass is 281 g/mol. The smallest absolute Gasteiger partial charge is 0.226 e. The van der Waals surface area contributed by atoms with E-state index in [0.717, 1.165) is 0 Å². The van der Waals surface area contributed by atoms with E-state index in [1.54, 1.807) is 6.92 Å². The molecule has 0 aliphatic carbocycles. The SMILES string of the molecule is COc1ccc(F)cc1C(C)NS(=O)(=O)CCl. The molecule has 1 N–H and O–H groups in total. The predicted octanol–water partition coefficient (Wildman–Crippen LogP) is 2.01. The number of benzene rings is 1. The van der Waals surface area contributed by atoms with E-state index in [4.69, 9.17) is 16.3 Å². The zero-order valence-electron chi connectivity index (χ0n) is 9.41. The maximum atomic E-state index is 13.1. The molecule has 0 fully saturated rings. The van der Waals surface area contributed by atoms with Gasteiger partial charge in [0.25, 0.3) is 0 Å². The molecule has 0 heterocycles. The van der Waals surface area contributed by atoms with Gasteiger partial charge in [-0.15, -0.1) is 11.6 Å². The van der Waals surface area contributed by atoms with Crippen molar-refractivity contribution in [2.45, 2.75) is 13.0 Å². The second-order valence-electron chi connectivity index (χ2n) is 3.45. The number of alkyl halides is 1. The van der Waals surface area contributed by atoms with E-state index in [2.05, 4.69) is 4.72 Å². The van der Waals surface area contributed by atoms with E-state index in [9.17, 15) is 12.8 Å². The number of nitrogens with one attached hydrogen (secondary N) is 1. The van der Waals surface area contributed by atoms with Gasteiger partial charge >= 0.3 is 0 Å². The lowest BCUT2D eigenvalue weighted by atomic mass is 10.1. The van der Waals surface area contributed by atoms with Crippen LogP contribution in [0.3, 0.4) is 0 Å². The molecule has 0 bridgehead atoms. The van der Waals surface area contributed by atoms with Crippen LogP contribution in [-0.2, 0) is 10.0 Å². The predicted molar refractivity (Wildman–Crippen MR) is 64.1 cm³/mol. The number of rotatable bonds is 5. The van der Waals surface area contributed by atoms with Gasteiger partial charge in [0.05, 0.1) is 7.11 Å². The first-order valence-corrected chi connectivity index (χ1v) is 6.97. The number of ether oxygens (including phenoxy) is 1. The summed E-state index contributed by atoms with van der Waals surface area (Å²) >= 11 is 5.27. The number of sulfonamides is 1. The quantitative estimate of drug-likeness (QED) is 0.840. The molecule has 17 heavy (non-hydrogen) atoms. The van der Waals surface area contributed by atoms with Crippen LogP contribution in [0.4, 0.5) is 4.39 Å². The van der Waals surface area contributed by atoms with E-state index in [0.29, 0.717) is 11.3 Å². The van der Waals surface area contributed by atoms with Crippen molar-refractivity contribution in [3.05, 3.63) is 29.6 Å². The summed E-state index contributed by atoms with van der Waals surface area (Å²) in [5.41, 5.74) is 0.418. The Balaban J connectivity index is 3.03. The minimum atomic E-state index is -3.57. The zero-order chi connectivity index (χ0) is 13.1. The van der Waals surface area contributed by atoms with Crippen LogP contribution < -0.4 is 9.46 Å². The lowest BCUT2D eigenvalue weighted by Crippen LogP contribution is -2.27. The third-order valence-electron chi connectivity index (χ3n) is 2.16. The minimum Gasteiger partial charge on any atom is -0.496 e. The summed E-state index contributed by atoms with van der Waals surface area (Å²) in [5.74, 6) is -0.0473. The molecule has 0 saturated heterocycles. The molecule has 1 aromatic rings. The van der Waals surface area contributed by atoms with Gasteiger partial charge in [-0.1, -0.05) is 0 Å². The minimum absolute atomic E-state index is 0.413. The third kappa shape index (κ3) is 3.83. The first kappa shape index (κ1) is 14.2. The van der Waals surface area contributed by atoms with E-state index in [1.807, 2.05) is 0 Å². The van der Waals surface area contributed by atoms with Gasteiger partial charge in [-0.2, -0.15) is 0 Å². The first-order chi connectivity index (χ1) is 7.89. The van der Waals surface area contributed by atoms with E-state index in [-0.39, 0.29) is 0 Å². The van der Waals surface area contributed by atoms with Crippen LogP contribution in [0.2, 0.25) is 0 Å². The Labute approximate surface area is 105 Å². The fourth-order valence-electron chi connectivity index (χ4n) is 1.41. The van der Waals surface area contributed by atoms with Gasteiger partial charge in [0, 0.05) is 11.6 Å². The summed E-state index contributed by atoms with van der Waals surface area (Å²) in [5, 5.41) is -0.547. The summed E-state index contributed by atoms with van der Waals surface area (Å²) in [4.78, 5) is 0. The maximum absolute atomic E-state index is 13.1. The molecule has 0 aliphatic rings. The highest BCUT2D eigenvalue weighted by Crippen LogP contribution is 2.26. The van der Waals surface area contributed by atoms with Gasteiger partial charge in [-0.25, -0.2) is 17.5 Å². The highest BCUT2D eigenvalue weighted by atomic mass is 35.5. The average molecular weight is 282 g/mol. The van der Waals surface area contributed by atoms with Crippen molar-refractivity contribution < 1.29 is 17.5 Å². The van der Waals surface area contributed by atoms with Crippen LogP contribution in [0.5, 0.6) is 5.75 Å². The van der Waals surface area contributed by atoms with Crippen LogP contribution in [0.25, 0.3) is 0 Å². The molecular weight excluding hydrogens is 269 g/mol. The number of methoxy groups -OCH3 is 1. The van der Waals surface area contributed by atoms with Crippen LogP contribution in [0, 0.1) is 5.82 Å². The third-order valence-corrected chi connectivity index (χ3v) is 4.02. The van der Waals surface area contributed by atoms with Gasteiger partial charge in [0.2, 0.25) is 10.0 Å². The molecule has 0 saturated carbocycles. The van der Waals surface area contributed by atoms with Crippen LogP contribution >= 0.6 is 11.6 Å². The van der Waals surface area contributed by atoms with Crippen molar-refractivity contribution in [3.63, 3.8) is 0 Å². The highest BCUT2D eigenvalue weighted by Gasteiger charge is 2.18. The molecule has 1 aromatic carbocycles. The van der Waals surface area contributed by atoms with Crippen LogP contribution in [-0.4, -0.2) is 20.7 Å². The topological polar surface area (TPSA) is 55.4 Å². The standard InChI is InChI=1S/C10H13ClFNO3S/c1-7(13-17(14,15)6-11)9-5-8(12)3-4-10(9)16-2/h3-5,7,13H,6H2,1-2H3. The molecule has 0 amide bonds. The molecule has 7 heteroatoms. The number of halogens is 2. The van der Waals surface area contributed by atoms with Crippen molar-refractivity contribution in [1.29, 1.82) is 0 Å². The van der Waals surface area contributed by atoms with Gasteiger partial charge in [-0.05, 0) is 25.1 Å². The normalized spacial score (nSPS) is 13.4. The van der Waals surface area contributed by atoms with Gasteiger partial charge in [-0.3, -0.25) is 0 Å². The Bertz CT molecular complexity index is 492. The molecule has 0 radical (unpaired) electrons. The second-order valence-corrected chi connectivity index (χ2v) is 5.79. The molecule has 4 nitrogen and oxygen atoms in total. The Kier molecular flexibility index (Phi) is 4.73. The second kappa shape index (κ2) is 5.66. The summed E-state index contributed by atoms with van der Waals surface area (Å²) in [6, 6.07) is 3.28. The van der Waals surface area contributed by atoms with Crippen molar-refractivity contribution >= 4 is 21.6 Å². The molecular formula is C10H13ClFNO3S. The Morgan fingerprint density at radius 1 is 1.53 bits per heavy atom. The molecule has 0 aromatic heterocycles. The summed E-state index contributed by atoms with van der Waals surface area (Å²) in [6.07, 6.45) is 0. The number of hydrogen-bond acceptors (Lipinski definition) is 3. The summed E-state index contributed by atoms with van der Waals surface area (Å²) < 4.78 is 43.0. The Morgan fingerprint density at radius 3 is 2.71 bits per heavy atom. The number of hydrogen-bond donors (Lipinski definition) is 1. The van der Waals surface area contributed by atoms with Crippen molar-refractivity contribution in [1.82, 2.24) is 4.72 Å². The van der Waals surface area contributed by atoms with Crippen molar-refractivity contribution in [2.24, 2.45) is 0 Å². The fourth-order valence-corrected chi connectivity index (χ4v) is 2.33. The van der Waals surface area contributed by atoms with Crippen molar-refractivity contribution in [3.8, 4) is 5.75 Å². The largest absolute Gasteiger partial charge is 0.496 e. The molecule has 0 aliphatic heterocycles. The lowest BCUT2D eigenvalue weighted by molar-refractivity contribution is 0.403. The average Bonchev–Trinajstić information content (AvgIpc) is 2.28. The van der Waals surface area contributed by atoms with E-state index >= 15 is 0 Å². The zero-order valence-corrected chi connectivity index (χ0v) is 11.0. The van der Waals surface area contributed by atoms with Crippen LogP contribution in [0.15, 0.2) is 18.2 Å². The molecule has 1 unspecified atom stereocenters. The fraction of sp³-hybridized carbons (Fsp3) is 0.400. The van der Waals surface area contributed by atoms with Gasteiger partial charge in [0.15, 0.2) is 0 Å². The Morgan fingerprint density at radius 2 is 2.18 bits per heavy atom. The summed E-state index contributed by atoms with van der Waals surface area (Å²) in [7, 11) is -2.14. The maximum Gasteiger partial charge on any atom is 0.226 e. The van der Waals surface area contributed by atoms with E-state index < -0.39 is 27.1 Å².